The fourth-order valence-corrected chi connectivity index (χ4v) is 2.89. The Morgan fingerprint density at radius 1 is 1.21 bits per heavy atom. The zero-order valence-corrected chi connectivity index (χ0v) is 10.7. The summed E-state index contributed by atoms with van der Waals surface area (Å²) in [5.41, 5.74) is 6.42. The first-order chi connectivity index (χ1) is 9.22. The standard InChI is InChI=1S/C17H13NO/c1-11(19)13-6-7-15-14-5-3-2-4-12(14)10-17(15)16(13)8-9-18/h2-7H,8,10H2,1H3. The van der Waals surface area contributed by atoms with Gasteiger partial charge in [-0.2, -0.15) is 5.26 Å². The van der Waals surface area contributed by atoms with E-state index in [0.29, 0.717) is 12.0 Å². The molecule has 0 atom stereocenters. The van der Waals surface area contributed by atoms with E-state index in [0.717, 1.165) is 17.5 Å². The number of carbonyl (C=O) groups is 1. The van der Waals surface area contributed by atoms with E-state index in [1.807, 2.05) is 24.3 Å². The second-order valence-corrected chi connectivity index (χ2v) is 4.84. The lowest BCUT2D eigenvalue weighted by Gasteiger charge is -2.10. The van der Waals surface area contributed by atoms with Gasteiger partial charge in [0.25, 0.3) is 0 Å². The summed E-state index contributed by atoms with van der Waals surface area (Å²) < 4.78 is 0. The lowest BCUT2D eigenvalue weighted by molar-refractivity contribution is 0.101. The Bertz CT molecular complexity index is 723. The number of nitrogens with zero attached hydrogens (tertiary/aromatic N) is 1. The molecule has 3 rings (SSSR count). The normalized spacial score (nSPS) is 11.6. The molecule has 0 unspecified atom stereocenters. The van der Waals surface area contributed by atoms with Gasteiger partial charge in [0.1, 0.15) is 0 Å². The summed E-state index contributed by atoms with van der Waals surface area (Å²) in [4.78, 5) is 11.7. The van der Waals surface area contributed by atoms with Gasteiger partial charge in [0.05, 0.1) is 12.5 Å². The summed E-state index contributed by atoms with van der Waals surface area (Å²) in [7, 11) is 0. The predicted octanol–water partition coefficient (Wildman–Crippen LogP) is 3.53. The van der Waals surface area contributed by atoms with Crippen LogP contribution in [-0.2, 0) is 12.8 Å². The van der Waals surface area contributed by atoms with Crippen molar-refractivity contribution in [2.24, 2.45) is 0 Å². The first-order valence-electron chi connectivity index (χ1n) is 6.33. The van der Waals surface area contributed by atoms with Crippen molar-refractivity contribution in [3.05, 3.63) is 58.7 Å². The van der Waals surface area contributed by atoms with Crippen molar-refractivity contribution in [3.8, 4) is 17.2 Å². The van der Waals surface area contributed by atoms with Gasteiger partial charge in [-0.25, -0.2) is 0 Å². The number of Topliss-reactive ketones (excluding diaryl/α,β-unsaturated/α-hetero) is 1. The fraction of sp³-hybridized carbons (Fsp3) is 0.176. The van der Waals surface area contributed by atoms with Crippen LogP contribution in [0.1, 0.15) is 34.0 Å². The van der Waals surface area contributed by atoms with Crippen LogP contribution in [0.3, 0.4) is 0 Å². The molecule has 0 heterocycles. The Morgan fingerprint density at radius 3 is 2.74 bits per heavy atom. The second-order valence-electron chi connectivity index (χ2n) is 4.84. The van der Waals surface area contributed by atoms with E-state index >= 15 is 0 Å². The highest BCUT2D eigenvalue weighted by molar-refractivity contribution is 5.97. The SMILES string of the molecule is CC(=O)c1ccc2c(c1CC#N)Cc1ccccc1-2. The van der Waals surface area contributed by atoms with Gasteiger partial charge < -0.3 is 0 Å². The van der Waals surface area contributed by atoms with Gasteiger partial charge in [-0.15, -0.1) is 0 Å². The van der Waals surface area contributed by atoms with E-state index in [2.05, 4.69) is 18.2 Å². The van der Waals surface area contributed by atoms with Crippen molar-refractivity contribution in [1.82, 2.24) is 0 Å². The number of benzene rings is 2. The van der Waals surface area contributed by atoms with Crippen LogP contribution in [0.15, 0.2) is 36.4 Å². The zero-order chi connectivity index (χ0) is 13.4. The largest absolute Gasteiger partial charge is 0.295 e. The number of nitriles is 1. The summed E-state index contributed by atoms with van der Waals surface area (Å²) in [6, 6.07) is 14.3. The Hall–Kier alpha value is -2.40. The average Bonchev–Trinajstić information content (AvgIpc) is 2.78. The van der Waals surface area contributed by atoms with Crippen LogP contribution in [0.5, 0.6) is 0 Å². The van der Waals surface area contributed by atoms with Gasteiger partial charge in [0.2, 0.25) is 0 Å². The Labute approximate surface area is 112 Å². The van der Waals surface area contributed by atoms with Crippen molar-refractivity contribution in [1.29, 1.82) is 5.26 Å². The highest BCUT2D eigenvalue weighted by Gasteiger charge is 2.23. The molecule has 1 aliphatic rings. The molecule has 0 fully saturated rings. The number of fused-ring (bicyclic) bond motifs is 3. The summed E-state index contributed by atoms with van der Waals surface area (Å²) in [5.74, 6) is 0.0315. The number of rotatable bonds is 2. The molecule has 2 aromatic carbocycles. The molecular weight excluding hydrogens is 234 g/mol. The third-order valence-electron chi connectivity index (χ3n) is 3.74. The molecule has 0 aliphatic heterocycles. The smallest absolute Gasteiger partial charge is 0.160 e. The third kappa shape index (κ3) is 1.75. The molecule has 2 aromatic rings. The molecule has 92 valence electrons. The topological polar surface area (TPSA) is 40.9 Å². The maximum Gasteiger partial charge on any atom is 0.160 e. The zero-order valence-electron chi connectivity index (χ0n) is 10.7. The van der Waals surface area contributed by atoms with Crippen molar-refractivity contribution in [3.63, 3.8) is 0 Å². The monoisotopic (exact) mass is 247 g/mol. The third-order valence-corrected chi connectivity index (χ3v) is 3.74. The molecule has 0 N–H and O–H groups in total. The van der Waals surface area contributed by atoms with Crippen molar-refractivity contribution in [2.75, 3.05) is 0 Å². The van der Waals surface area contributed by atoms with E-state index in [-0.39, 0.29) is 5.78 Å². The minimum Gasteiger partial charge on any atom is -0.295 e. The Balaban J connectivity index is 2.25. The molecule has 0 saturated carbocycles. The highest BCUT2D eigenvalue weighted by atomic mass is 16.1. The molecule has 19 heavy (non-hydrogen) atoms. The molecule has 2 heteroatoms. The molecule has 0 bridgehead atoms. The second kappa shape index (κ2) is 4.37. The van der Waals surface area contributed by atoms with E-state index in [9.17, 15) is 4.79 Å². The number of hydrogen-bond acceptors (Lipinski definition) is 2. The van der Waals surface area contributed by atoms with Crippen LogP contribution < -0.4 is 0 Å². The quantitative estimate of drug-likeness (QED) is 0.650. The number of hydrogen-bond donors (Lipinski definition) is 0. The van der Waals surface area contributed by atoms with Crippen LogP contribution in [0.2, 0.25) is 0 Å². The van der Waals surface area contributed by atoms with Gasteiger partial charge in [0.15, 0.2) is 5.78 Å². The van der Waals surface area contributed by atoms with Crippen molar-refractivity contribution in [2.45, 2.75) is 19.8 Å². The molecule has 0 aromatic heterocycles. The minimum absolute atomic E-state index is 0.0315. The maximum absolute atomic E-state index is 11.7. The van der Waals surface area contributed by atoms with E-state index in [1.54, 1.807) is 6.92 Å². The van der Waals surface area contributed by atoms with Crippen molar-refractivity contribution < 1.29 is 4.79 Å². The molecule has 2 nitrogen and oxygen atoms in total. The Morgan fingerprint density at radius 2 is 2.00 bits per heavy atom. The summed E-state index contributed by atoms with van der Waals surface area (Å²) in [6.45, 7) is 1.56. The molecule has 0 radical (unpaired) electrons. The summed E-state index contributed by atoms with van der Waals surface area (Å²) in [6.07, 6.45) is 1.12. The predicted molar refractivity (Wildman–Crippen MR) is 74.0 cm³/mol. The average molecular weight is 247 g/mol. The highest BCUT2D eigenvalue weighted by Crippen LogP contribution is 2.39. The van der Waals surface area contributed by atoms with Crippen LogP contribution in [0, 0.1) is 11.3 Å². The first kappa shape index (κ1) is 11.7. The number of ketones is 1. The lowest BCUT2D eigenvalue weighted by Crippen LogP contribution is -2.03. The van der Waals surface area contributed by atoms with Gasteiger partial charge >= 0.3 is 0 Å². The maximum atomic E-state index is 11.7. The lowest BCUT2D eigenvalue weighted by atomic mass is 9.93. The van der Waals surface area contributed by atoms with Gasteiger partial charge in [-0.3, -0.25) is 4.79 Å². The fourth-order valence-electron chi connectivity index (χ4n) is 2.89. The van der Waals surface area contributed by atoms with Gasteiger partial charge in [-0.05, 0) is 41.2 Å². The van der Waals surface area contributed by atoms with Crippen LogP contribution in [0.4, 0.5) is 0 Å². The van der Waals surface area contributed by atoms with Crippen LogP contribution >= 0.6 is 0 Å². The van der Waals surface area contributed by atoms with Gasteiger partial charge in [-0.1, -0.05) is 36.4 Å². The molecule has 0 spiro atoms. The van der Waals surface area contributed by atoms with Crippen LogP contribution in [-0.4, -0.2) is 5.78 Å². The molecular formula is C17H13NO. The van der Waals surface area contributed by atoms with Gasteiger partial charge in [0, 0.05) is 5.56 Å². The number of carbonyl (C=O) groups excluding carboxylic acids is 1. The molecule has 0 amide bonds. The van der Waals surface area contributed by atoms with Crippen molar-refractivity contribution >= 4 is 5.78 Å². The van der Waals surface area contributed by atoms with E-state index in [4.69, 9.17) is 5.26 Å². The van der Waals surface area contributed by atoms with E-state index < -0.39 is 0 Å². The van der Waals surface area contributed by atoms with Crippen LogP contribution in [0.25, 0.3) is 11.1 Å². The first-order valence-corrected chi connectivity index (χ1v) is 6.33. The van der Waals surface area contributed by atoms with E-state index in [1.165, 1.54) is 16.7 Å². The summed E-state index contributed by atoms with van der Waals surface area (Å²) >= 11 is 0. The molecule has 1 aliphatic carbocycles. The Kier molecular flexibility index (Phi) is 2.68. The summed E-state index contributed by atoms with van der Waals surface area (Å²) in [5, 5.41) is 9.01. The molecule has 0 saturated heterocycles. The minimum atomic E-state index is 0.0315.